The Labute approximate surface area is 252 Å². The van der Waals surface area contributed by atoms with Crippen LogP contribution in [0.3, 0.4) is 0 Å². The summed E-state index contributed by atoms with van der Waals surface area (Å²) < 4.78 is 0.937. The average Bonchev–Trinajstić information content (AvgIpc) is 2.97. The molecule has 0 heterocycles. The zero-order valence-corrected chi connectivity index (χ0v) is 25.1. The molecule has 1 atom stereocenters. The van der Waals surface area contributed by atoms with Gasteiger partial charge < -0.3 is 16.0 Å². The molecule has 0 spiro atoms. The molecule has 3 N–H and O–H groups in total. The van der Waals surface area contributed by atoms with E-state index in [-0.39, 0.29) is 22.8 Å². The number of aryl methyl sites for hydroxylation is 1. The molecule has 3 amide bonds. The highest BCUT2D eigenvalue weighted by atomic mass is 79.9. The number of carbonyl (C=O) groups excluding carboxylic acids is 3. The van der Waals surface area contributed by atoms with Crippen molar-refractivity contribution in [3.63, 3.8) is 0 Å². The molecule has 0 fully saturated rings. The van der Waals surface area contributed by atoms with Crippen LogP contribution in [0.1, 0.15) is 34.8 Å². The first-order valence-corrected chi connectivity index (χ1v) is 14.8. The summed E-state index contributed by atoms with van der Waals surface area (Å²) in [4.78, 5) is 40.1. The molecule has 0 bridgehead atoms. The number of halogens is 1. The molecule has 0 saturated heterocycles. The van der Waals surface area contributed by atoms with Crippen molar-refractivity contribution >= 4 is 62.9 Å². The van der Waals surface area contributed by atoms with Gasteiger partial charge in [0.1, 0.15) is 5.70 Å². The third-order valence-electron chi connectivity index (χ3n) is 6.03. The van der Waals surface area contributed by atoms with E-state index < -0.39 is 5.91 Å². The van der Waals surface area contributed by atoms with E-state index in [1.165, 1.54) is 11.8 Å². The number of carbonyl (C=O) groups is 3. The van der Waals surface area contributed by atoms with E-state index in [1.807, 2.05) is 86.6 Å². The largest absolute Gasteiger partial charge is 0.325 e. The van der Waals surface area contributed by atoms with Gasteiger partial charge in [0.05, 0.1) is 5.25 Å². The van der Waals surface area contributed by atoms with Gasteiger partial charge in [-0.3, -0.25) is 14.4 Å². The van der Waals surface area contributed by atoms with Crippen LogP contribution in [-0.2, 0) is 9.59 Å². The summed E-state index contributed by atoms with van der Waals surface area (Å²) in [5.41, 5.74) is 3.65. The standard InChI is InChI=1S/C33H30BrN3O3S/c1-3-30(33(40)35-26-17-15-25(34)16-18-26)41-28-14-8-13-27(21-28)36-32(39)29(20-23-10-7-9-22(2)19-23)37-31(38)24-11-5-4-6-12-24/h4-21,30H,3H2,1-2H3,(H,35,40)(H,36,39)(H,37,38)/b29-20+. The van der Waals surface area contributed by atoms with Crippen molar-refractivity contribution in [2.75, 3.05) is 10.6 Å². The Kier molecular flexibility index (Phi) is 10.5. The third-order valence-corrected chi connectivity index (χ3v) is 7.91. The first-order valence-electron chi connectivity index (χ1n) is 13.1. The number of anilines is 2. The maximum atomic E-state index is 13.4. The van der Waals surface area contributed by atoms with Gasteiger partial charge in [0, 0.05) is 26.3 Å². The second-order valence-electron chi connectivity index (χ2n) is 9.29. The summed E-state index contributed by atoms with van der Waals surface area (Å²) in [7, 11) is 0. The van der Waals surface area contributed by atoms with Crippen LogP contribution in [0, 0.1) is 6.92 Å². The highest BCUT2D eigenvalue weighted by Gasteiger charge is 2.19. The monoisotopic (exact) mass is 627 g/mol. The highest BCUT2D eigenvalue weighted by molar-refractivity contribution is 9.10. The van der Waals surface area contributed by atoms with Crippen LogP contribution in [0.5, 0.6) is 0 Å². The average molecular weight is 629 g/mol. The van der Waals surface area contributed by atoms with Gasteiger partial charge in [-0.1, -0.05) is 76.9 Å². The molecule has 0 aliphatic carbocycles. The van der Waals surface area contributed by atoms with Crippen molar-refractivity contribution in [3.05, 3.63) is 130 Å². The summed E-state index contributed by atoms with van der Waals surface area (Å²) in [6.45, 7) is 3.92. The summed E-state index contributed by atoms with van der Waals surface area (Å²) in [6, 6.07) is 31.2. The van der Waals surface area contributed by atoms with E-state index in [9.17, 15) is 14.4 Å². The second kappa shape index (κ2) is 14.5. The van der Waals surface area contributed by atoms with Crippen molar-refractivity contribution in [3.8, 4) is 0 Å². The van der Waals surface area contributed by atoms with Crippen LogP contribution in [0.4, 0.5) is 11.4 Å². The lowest BCUT2D eigenvalue weighted by molar-refractivity contribution is -0.116. The number of hydrogen-bond donors (Lipinski definition) is 3. The normalized spacial score (nSPS) is 11.8. The molecule has 0 aliphatic rings. The Balaban J connectivity index is 1.49. The van der Waals surface area contributed by atoms with E-state index in [0.29, 0.717) is 17.7 Å². The lowest BCUT2D eigenvalue weighted by atomic mass is 10.1. The maximum absolute atomic E-state index is 13.4. The first kappa shape index (κ1) is 29.8. The molecule has 4 aromatic rings. The van der Waals surface area contributed by atoms with Gasteiger partial charge in [-0.15, -0.1) is 11.8 Å². The van der Waals surface area contributed by atoms with Gasteiger partial charge in [0.2, 0.25) is 5.91 Å². The van der Waals surface area contributed by atoms with E-state index in [0.717, 1.165) is 26.2 Å². The van der Waals surface area contributed by atoms with Crippen LogP contribution in [0.15, 0.2) is 118 Å². The fraction of sp³-hybridized carbons (Fsp3) is 0.121. The Bertz CT molecular complexity index is 1560. The molecule has 4 aromatic carbocycles. The number of hydrogen-bond acceptors (Lipinski definition) is 4. The third kappa shape index (κ3) is 8.93. The predicted octanol–water partition coefficient (Wildman–Crippen LogP) is 7.68. The molecular formula is C33H30BrN3O3S. The molecule has 41 heavy (non-hydrogen) atoms. The Morgan fingerprint density at radius 3 is 2.27 bits per heavy atom. The zero-order chi connectivity index (χ0) is 29.2. The number of amides is 3. The molecule has 1 unspecified atom stereocenters. The van der Waals surface area contributed by atoms with Crippen molar-refractivity contribution in [1.29, 1.82) is 0 Å². The van der Waals surface area contributed by atoms with Gasteiger partial charge in [-0.2, -0.15) is 0 Å². The Morgan fingerprint density at radius 2 is 1.56 bits per heavy atom. The van der Waals surface area contributed by atoms with E-state index >= 15 is 0 Å². The molecule has 208 valence electrons. The molecule has 0 saturated carbocycles. The van der Waals surface area contributed by atoms with E-state index in [2.05, 4.69) is 31.9 Å². The summed E-state index contributed by atoms with van der Waals surface area (Å²) in [6.07, 6.45) is 2.28. The molecule has 8 heteroatoms. The number of rotatable bonds is 10. The smallest absolute Gasteiger partial charge is 0.272 e. The Hall–Kier alpha value is -4.14. The summed E-state index contributed by atoms with van der Waals surface area (Å²) in [5, 5.41) is 8.30. The van der Waals surface area contributed by atoms with Crippen LogP contribution in [0.25, 0.3) is 6.08 Å². The zero-order valence-electron chi connectivity index (χ0n) is 22.7. The van der Waals surface area contributed by atoms with Gasteiger partial charge in [-0.25, -0.2) is 0 Å². The molecular weight excluding hydrogens is 598 g/mol. The van der Waals surface area contributed by atoms with Gasteiger partial charge in [0.25, 0.3) is 11.8 Å². The van der Waals surface area contributed by atoms with Crippen molar-refractivity contribution in [2.45, 2.75) is 30.4 Å². The van der Waals surface area contributed by atoms with Gasteiger partial charge in [-0.05, 0) is 79.6 Å². The minimum atomic E-state index is -0.460. The van der Waals surface area contributed by atoms with Crippen molar-refractivity contribution < 1.29 is 14.4 Å². The topological polar surface area (TPSA) is 87.3 Å². The van der Waals surface area contributed by atoms with E-state index in [4.69, 9.17) is 0 Å². The fourth-order valence-electron chi connectivity index (χ4n) is 3.96. The molecule has 4 rings (SSSR count). The van der Waals surface area contributed by atoms with Gasteiger partial charge in [0.15, 0.2) is 0 Å². The van der Waals surface area contributed by atoms with Crippen molar-refractivity contribution in [1.82, 2.24) is 5.32 Å². The van der Waals surface area contributed by atoms with Crippen LogP contribution in [0.2, 0.25) is 0 Å². The van der Waals surface area contributed by atoms with Crippen molar-refractivity contribution in [2.24, 2.45) is 0 Å². The predicted molar refractivity (Wildman–Crippen MR) is 171 cm³/mol. The lowest BCUT2D eigenvalue weighted by Crippen LogP contribution is -2.30. The summed E-state index contributed by atoms with van der Waals surface area (Å²) in [5.74, 6) is -0.939. The SMILES string of the molecule is CCC(Sc1cccc(NC(=O)/C(=C\c2cccc(C)c2)NC(=O)c2ccccc2)c1)C(=O)Nc1ccc(Br)cc1. The number of benzene rings is 4. The minimum Gasteiger partial charge on any atom is -0.325 e. The quantitative estimate of drug-likeness (QED) is 0.124. The van der Waals surface area contributed by atoms with Gasteiger partial charge >= 0.3 is 0 Å². The number of thioether (sulfide) groups is 1. The minimum absolute atomic E-state index is 0.0961. The summed E-state index contributed by atoms with van der Waals surface area (Å²) >= 11 is 4.83. The first-order chi connectivity index (χ1) is 19.8. The lowest BCUT2D eigenvalue weighted by Gasteiger charge is -2.16. The Morgan fingerprint density at radius 1 is 0.829 bits per heavy atom. The van der Waals surface area contributed by atoms with Crippen LogP contribution in [-0.4, -0.2) is 23.0 Å². The highest BCUT2D eigenvalue weighted by Crippen LogP contribution is 2.29. The molecule has 0 radical (unpaired) electrons. The van der Waals surface area contributed by atoms with E-state index in [1.54, 1.807) is 36.4 Å². The molecule has 0 aromatic heterocycles. The number of nitrogens with one attached hydrogen (secondary N) is 3. The molecule has 6 nitrogen and oxygen atoms in total. The fourth-order valence-corrected chi connectivity index (χ4v) is 5.23. The second-order valence-corrected chi connectivity index (χ2v) is 11.5. The maximum Gasteiger partial charge on any atom is 0.272 e. The van der Waals surface area contributed by atoms with Crippen LogP contribution >= 0.6 is 27.7 Å². The van der Waals surface area contributed by atoms with Crippen LogP contribution < -0.4 is 16.0 Å². The molecule has 0 aliphatic heterocycles.